The van der Waals surface area contributed by atoms with Gasteiger partial charge in [0.1, 0.15) is 0 Å². The highest BCUT2D eigenvalue weighted by atomic mass is 16.4. The van der Waals surface area contributed by atoms with Gasteiger partial charge in [0.05, 0.1) is 6.20 Å². The molecule has 0 aliphatic carbocycles. The highest BCUT2D eigenvalue weighted by Gasteiger charge is 2.05. The van der Waals surface area contributed by atoms with Crippen LogP contribution in [0.4, 0.5) is 6.01 Å². The van der Waals surface area contributed by atoms with Crippen LogP contribution in [0.5, 0.6) is 0 Å². The molecule has 2 aromatic carbocycles. The van der Waals surface area contributed by atoms with E-state index in [2.05, 4.69) is 22.4 Å². The Hall–Kier alpha value is -2.55. The highest BCUT2D eigenvalue weighted by Crippen LogP contribution is 2.22. The van der Waals surface area contributed by atoms with E-state index in [9.17, 15) is 0 Å². The van der Waals surface area contributed by atoms with Crippen LogP contribution in [0.15, 0.2) is 71.3 Å². The summed E-state index contributed by atoms with van der Waals surface area (Å²) in [4.78, 5) is 4.23. The summed E-state index contributed by atoms with van der Waals surface area (Å²) in [5.41, 5.74) is 2.23. The first-order valence-corrected chi connectivity index (χ1v) is 6.21. The summed E-state index contributed by atoms with van der Waals surface area (Å²) in [6.07, 6.45) is 1.74. The van der Waals surface area contributed by atoms with Gasteiger partial charge in [0, 0.05) is 12.1 Å². The Morgan fingerprint density at radius 2 is 1.58 bits per heavy atom. The van der Waals surface area contributed by atoms with Crippen molar-refractivity contribution in [3.63, 3.8) is 0 Å². The summed E-state index contributed by atoms with van der Waals surface area (Å²) in [7, 11) is 0. The number of hydrogen-bond acceptors (Lipinski definition) is 3. The molecule has 3 rings (SSSR count). The quantitative estimate of drug-likeness (QED) is 0.761. The molecule has 0 amide bonds. The lowest BCUT2D eigenvalue weighted by Crippen LogP contribution is -1.98. The van der Waals surface area contributed by atoms with Crippen molar-refractivity contribution in [2.75, 3.05) is 5.32 Å². The minimum absolute atomic E-state index is 0.544. The average Bonchev–Trinajstić information content (AvgIpc) is 2.96. The van der Waals surface area contributed by atoms with E-state index in [0.717, 1.165) is 11.3 Å². The molecular weight excluding hydrogens is 236 g/mol. The summed E-state index contributed by atoms with van der Waals surface area (Å²) in [6, 6.07) is 20.7. The van der Waals surface area contributed by atoms with Crippen LogP contribution in [0.25, 0.3) is 11.3 Å². The molecule has 0 spiro atoms. The molecule has 3 aromatic rings. The molecule has 94 valence electrons. The predicted molar refractivity (Wildman–Crippen MR) is 75.7 cm³/mol. The lowest BCUT2D eigenvalue weighted by Gasteiger charge is -2.01. The lowest BCUT2D eigenvalue weighted by molar-refractivity contribution is 0.585. The molecule has 0 unspecified atom stereocenters. The minimum atomic E-state index is 0.544. The van der Waals surface area contributed by atoms with Crippen LogP contribution >= 0.6 is 0 Å². The zero-order chi connectivity index (χ0) is 12.9. The SMILES string of the molecule is c1ccc(CNc2ncc(-c3ccccc3)o2)cc1. The Balaban J connectivity index is 1.69. The third-order valence-electron chi connectivity index (χ3n) is 2.85. The summed E-state index contributed by atoms with van der Waals surface area (Å²) in [6.45, 7) is 0.704. The van der Waals surface area contributed by atoms with E-state index in [1.165, 1.54) is 5.56 Å². The van der Waals surface area contributed by atoms with Gasteiger partial charge < -0.3 is 9.73 Å². The maximum atomic E-state index is 5.67. The van der Waals surface area contributed by atoms with Gasteiger partial charge in [-0.05, 0) is 5.56 Å². The van der Waals surface area contributed by atoms with E-state index >= 15 is 0 Å². The Labute approximate surface area is 111 Å². The molecular formula is C16H14N2O. The van der Waals surface area contributed by atoms with E-state index in [0.29, 0.717) is 12.6 Å². The highest BCUT2D eigenvalue weighted by molar-refractivity contribution is 5.57. The van der Waals surface area contributed by atoms with Crippen LogP contribution in [-0.4, -0.2) is 4.98 Å². The van der Waals surface area contributed by atoms with Crippen LogP contribution in [0.3, 0.4) is 0 Å². The number of nitrogens with one attached hydrogen (secondary N) is 1. The molecule has 0 aliphatic heterocycles. The molecule has 3 nitrogen and oxygen atoms in total. The standard InChI is InChI=1S/C16H14N2O/c1-3-7-13(8-4-1)11-17-16-18-12-15(19-16)14-9-5-2-6-10-14/h1-10,12H,11H2,(H,17,18). The second kappa shape index (κ2) is 5.40. The van der Waals surface area contributed by atoms with E-state index in [4.69, 9.17) is 4.42 Å². The van der Waals surface area contributed by atoms with Crippen molar-refractivity contribution in [1.29, 1.82) is 0 Å². The number of oxazole rings is 1. The van der Waals surface area contributed by atoms with Gasteiger partial charge >= 0.3 is 0 Å². The first-order chi connectivity index (χ1) is 9.42. The van der Waals surface area contributed by atoms with Crippen molar-refractivity contribution >= 4 is 6.01 Å². The maximum absolute atomic E-state index is 5.67. The Morgan fingerprint density at radius 1 is 0.895 bits per heavy atom. The van der Waals surface area contributed by atoms with Crippen LogP contribution in [0, 0.1) is 0 Å². The molecule has 0 atom stereocenters. The van der Waals surface area contributed by atoms with Gasteiger partial charge in [-0.3, -0.25) is 0 Å². The Morgan fingerprint density at radius 3 is 2.32 bits per heavy atom. The summed E-state index contributed by atoms with van der Waals surface area (Å²) in [5, 5.41) is 3.17. The number of benzene rings is 2. The third kappa shape index (κ3) is 2.83. The summed E-state index contributed by atoms with van der Waals surface area (Å²) >= 11 is 0. The smallest absolute Gasteiger partial charge is 0.295 e. The fraction of sp³-hybridized carbons (Fsp3) is 0.0625. The normalized spacial score (nSPS) is 10.3. The van der Waals surface area contributed by atoms with Crippen LogP contribution < -0.4 is 5.32 Å². The molecule has 0 aliphatic rings. The lowest BCUT2D eigenvalue weighted by atomic mass is 10.2. The van der Waals surface area contributed by atoms with E-state index in [1.807, 2.05) is 48.5 Å². The van der Waals surface area contributed by atoms with Gasteiger partial charge in [-0.25, -0.2) is 4.98 Å². The first-order valence-electron chi connectivity index (χ1n) is 6.21. The van der Waals surface area contributed by atoms with Crippen molar-refractivity contribution in [1.82, 2.24) is 4.98 Å². The molecule has 0 saturated carbocycles. The third-order valence-corrected chi connectivity index (χ3v) is 2.85. The van der Waals surface area contributed by atoms with E-state index in [-0.39, 0.29) is 0 Å². The molecule has 0 saturated heterocycles. The van der Waals surface area contributed by atoms with Gasteiger partial charge in [-0.2, -0.15) is 0 Å². The van der Waals surface area contributed by atoms with Gasteiger partial charge in [-0.15, -0.1) is 0 Å². The summed E-state index contributed by atoms with van der Waals surface area (Å²) < 4.78 is 5.67. The van der Waals surface area contributed by atoms with Crippen LogP contribution in [0.1, 0.15) is 5.56 Å². The van der Waals surface area contributed by atoms with Gasteiger partial charge in [-0.1, -0.05) is 60.7 Å². The molecule has 3 heteroatoms. The van der Waals surface area contributed by atoms with Crippen molar-refractivity contribution in [2.45, 2.75) is 6.54 Å². The van der Waals surface area contributed by atoms with Crippen molar-refractivity contribution in [3.8, 4) is 11.3 Å². The number of aromatic nitrogens is 1. The van der Waals surface area contributed by atoms with Gasteiger partial charge in [0.15, 0.2) is 5.76 Å². The monoisotopic (exact) mass is 250 g/mol. The van der Waals surface area contributed by atoms with E-state index < -0.39 is 0 Å². The largest absolute Gasteiger partial charge is 0.424 e. The second-order valence-corrected chi connectivity index (χ2v) is 4.23. The van der Waals surface area contributed by atoms with Crippen molar-refractivity contribution in [3.05, 3.63) is 72.4 Å². The van der Waals surface area contributed by atoms with E-state index in [1.54, 1.807) is 6.20 Å². The fourth-order valence-corrected chi connectivity index (χ4v) is 1.87. The van der Waals surface area contributed by atoms with Gasteiger partial charge in [0.25, 0.3) is 6.01 Å². The molecule has 0 radical (unpaired) electrons. The molecule has 1 aromatic heterocycles. The number of nitrogens with zero attached hydrogens (tertiary/aromatic N) is 1. The molecule has 19 heavy (non-hydrogen) atoms. The second-order valence-electron chi connectivity index (χ2n) is 4.23. The van der Waals surface area contributed by atoms with Crippen molar-refractivity contribution < 1.29 is 4.42 Å². The van der Waals surface area contributed by atoms with Gasteiger partial charge in [0.2, 0.25) is 0 Å². The Kier molecular flexibility index (Phi) is 3.28. The molecule has 1 heterocycles. The topological polar surface area (TPSA) is 38.1 Å². The number of anilines is 1. The number of rotatable bonds is 4. The predicted octanol–water partition coefficient (Wildman–Crippen LogP) is 3.95. The molecule has 0 bridgehead atoms. The first kappa shape index (κ1) is 11.5. The van der Waals surface area contributed by atoms with Crippen LogP contribution in [0.2, 0.25) is 0 Å². The number of hydrogen-bond donors (Lipinski definition) is 1. The zero-order valence-electron chi connectivity index (χ0n) is 10.4. The molecule has 0 fully saturated rings. The molecule has 1 N–H and O–H groups in total. The zero-order valence-corrected chi connectivity index (χ0v) is 10.4. The maximum Gasteiger partial charge on any atom is 0.295 e. The fourth-order valence-electron chi connectivity index (χ4n) is 1.87. The van der Waals surface area contributed by atoms with Crippen molar-refractivity contribution in [2.24, 2.45) is 0 Å². The summed E-state index contributed by atoms with van der Waals surface area (Å²) in [5.74, 6) is 0.774. The average molecular weight is 250 g/mol. The Bertz CT molecular complexity index is 632. The van der Waals surface area contributed by atoms with Crippen LogP contribution in [-0.2, 0) is 6.54 Å². The minimum Gasteiger partial charge on any atom is -0.424 e.